The zero-order chi connectivity index (χ0) is 14.4. The highest BCUT2D eigenvalue weighted by atomic mass is 127. The smallest absolute Gasteiger partial charge is 0.0682 e. The van der Waals surface area contributed by atoms with Crippen LogP contribution in [0.4, 0.5) is 0 Å². The van der Waals surface area contributed by atoms with Gasteiger partial charge >= 0.3 is 0 Å². The molecule has 0 nitrogen and oxygen atoms in total. The second-order valence-corrected chi connectivity index (χ2v) is 12.0. The van der Waals surface area contributed by atoms with Gasteiger partial charge in [0.1, 0.15) is 0 Å². The van der Waals surface area contributed by atoms with E-state index in [-0.39, 0.29) is 24.0 Å². The summed E-state index contributed by atoms with van der Waals surface area (Å²) in [6, 6.07) is 0. The molecule has 0 aliphatic rings. The third-order valence-electron chi connectivity index (χ3n) is 4.02. The summed E-state index contributed by atoms with van der Waals surface area (Å²) in [5.74, 6) is 2.84. The van der Waals surface area contributed by atoms with Crippen LogP contribution in [0.5, 0.6) is 0 Å². The van der Waals surface area contributed by atoms with Gasteiger partial charge in [-0.25, -0.2) is 0 Å². The minimum atomic E-state index is -0.585. The maximum atomic E-state index is 2.65. The molecule has 20 heavy (non-hydrogen) atoms. The van der Waals surface area contributed by atoms with Crippen LogP contribution >= 0.6 is 19.0 Å². The van der Waals surface area contributed by atoms with Crippen LogP contribution in [0.1, 0.15) is 72.1 Å². The first-order valence-corrected chi connectivity index (χ1v) is 12.5. The Labute approximate surface area is 151 Å². The normalized spacial score (nSPS) is 11.4. The lowest BCUT2D eigenvalue weighted by molar-refractivity contribution is -0.00000439. The summed E-state index contributed by atoms with van der Waals surface area (Å²) in [4.78, 5) is 0. The van der Waals surface area contributed by atoms with E-state index in [1.54, 1.807) is 18.5 Å². The maximum Gasteiger partial charge on any atom is 0.0682 e. The predicted molar refractivity (Wildman–Crippen MR) is 98.7 cm³/mol. The molecule has 0 aliphatic heterocycles. The van der Waals surface area contributed by atoms with Crippen LogP contribution in [0.25, 0.3) is 0 Å². The van der Waals surface area contributed by atoms with Crippen LogP contribution in [-0.2, 0) is 0 Å². The summed E-state index contributed by atoms with van der Waals surface area (Å²) in [5, 5.41) is 0. The molecule has 0 aromatic carbocycles. The van der Waals surface area contributed by atoms with Crippen molar-refractivity contribution in [3.63, 3.8) is 0 Å². The molecule has 0 aliphatic carbocycles. The number of rotatable bonds is 14. The molecule has 0 heterocycles. The van der Waals surface area contributed by atoms with Crippen LogP contribution < -0.4 is 24.0 Å². The Kier molecular flexibility index (Phi) is 20.1. The summed E-state index contributed by atoms with van der Waals surface area (Å²) >= 11 is 2.23. The third kappa shape index (κ3) is 14.4. The van der Waals surface area contributed by atoms with E-state index in [9.17, 15) is 0 Å². The lowest BCUT2D eigenvalue weighted by Crippen LogP contribution is -3.00. The average molecular weight is 432 g/mol. The molecule has 0 radical (unpaired) electrons. The Hall–Kier alpha value is 1.51. The predicted octanol–water partition coefficient (Wildman–Crippen LogP) is 3.55. The van der Waals surface area contributed by atoms with E-state index in [2.05, 4.69) is 39.2 Å². The van der Waals surface area contributed by atoms with E-state index in [4.69, 9.17) is 0 Å². The fraction of sp³-hybridized carbons (Fsp3) is 1.00. The zero-order valence-corrected chi connectivity index (χ0v) is 18.3. The van der Waals surface area contributed by atoms with Gasteiger partial charge in [-0.3, -0.25) is 0 Å². The first kappa shape index (κ1) is 23.8. The van der Waals surface area contributed by atoms with Crippen molar-refractivity contribution in [2.24, 2.45) is 0 Å². The topological polar surface area (TPSA) is 0 Å². The van der Waals surface area contributed by atoms with Gasteiger partial charge in [-0.1, -0.05) is 52.9 Å². The summed E-state index contributed by atoms with van der Waals surface area (Å²) in [5.41, 5.74) is 0. The molecular weight excluding hydrogens is 394 g/mol. The molecule has 0 unspecified atom stereocenters. The van der Waals surface area contributed by atoms with Crippen molar-refractivity contribution in [1.82, 2.24) is 0 Å². The highest BCUT2D eigenvalue weighted by Gasteiger charge is 2.29. The van der Waals surface area contributed by atoms with E-state index >= 15 is 0 Å². The first-order chi connectivity index (χ1) is 9.18. The van der Waals surface area contributed by atoms with Gasteiger partial charge in [0.05, 0.1) is 18.5 Å². The molecule has 0 bridgehead atoms. The molecule has 124 valence electrons. The summed E-state index contributed by atoms with van der Waals surface area (Å²) in [7, 11) is -0.585. The molecular formula is C17H38IPS. The first-order valence-electron chi connectivity index (χ1n) is 8.59. The lowest BCUT2D eigenvalue weighted by atomic mass is 10.2. The number of unbranched alkanes of at least 4 members (excludes halogenated alkanes) is 5. The Morgan fingerprint density at radius 1 is 0.650 bits per heavy atom. The standard InChI is InChI=1S/C17H38PS.HI/c1-5-8-11-12-16-19-17-15-18(4,13-9-6-2)14-10-7-3;/h5-17H2,1-4H3;1H/q+1;/p-1. The maximum absolute atomic E-state index is 2.65. The van der Waals surface area contributed by atoms with Crippen molar-refractivity contribution >= 4 is 19.0 Å². The molecule has 0 N–H and O–H groups in total. The van der Waals surface area contributed by atoms with Gasteiger partial charge in [-0.05, 0) is 25.0 Å². The number of halogens is 1. The van der Waals surface area contributed by atoms with Crippen LogP contribution in [0.2, 0.25) is 0 Å². The highest BCUT2D eigenvalue weighted by Crippen LogP contribution is 2.56. The van der Waals surface area contributed by atoms with E-state index in [1.165, 1.54) is 62.9 Å². The second-order valence-electron chi connectivity index (χ2n) is 6.17. The summed E-state index contributed by atoms with van der Waals surface area (Å²) in [6.07, 6.45) is 16.0. The zero-order valence-electron chi connectivity index (χ0n) is 14.4. The van der Waals surface area contributed by atoms with Gasteiger partial charge in [0.25, 0.3) is 0 Å². The van der Waals surface area contributed by atoms with Crippen molar-refractivity contribution in [3.05, 3.63) is 0 Å². The second kappa shape index (κ2) is 16.9. The van der Waals surface area contributed by atoms with Crippen LogP contribution in [0.15, 0.2) is 0 Å². The van der Waals surface area contributed by atoms with Crippen LogP contribution in [-0.4, -0.2) is 36.7 Å². The summed E-state index contributed by atoms with van der Waals surface area (Å²) < 4.78 is 0. The van der Waals surface area contributed by atoms with Crippen LogP contribution in [0.3, 0.4) is 0 Å². The fourth-order valence-corrected chi connectivity index (χ4v) is 8.15. The van der Waals surface area contributed by atoms with Gasteiger partial charge in [0.15, 0.2) is 0 Å². The largest absolute Gasteiger partial charge is 1.00 e. The van der Waals surface area contributed by atoms with Crippen molar-refractivity contribution in [1.29, 1.82) is 0 Å². The molecule has 0 rings (SSSR count). The SMILES string of the molecule is CCCCCCSCC[P+](C)(CCCC)CCCC.[I-]. The average Bonchev–Trinajstić information content (AvgIpc) is 2.42. The van der Waals surface area contributed by atoms with Crippen LogP contribution in [0, 0.1) is 0 Å². The number of thioether (sulfide) groups is 1. The van der Waals surface area contributed by atoms with E-state index in [0.29, 0.717) is 0 Å². The van der Waals surface area contributed by atoms with Gasteiger partial charge in [0, 0.05) is 19.7 Å². The molecule has 0 fully saturated rings. The van der Waals surface area contributed by atoms with Gasteiger partial charge in [0.2, 0.25) is 0 Å². The van der Waals surface area contributed by atoms with Crippen molar-refractivity contribution < 1.29 is 24.0 Å². The Bertz CT molecular complexity index is 180. The number of hydrogen-bond acceptors (Lipinski definition) is 1. The third-order valence-corrected chi connectivity index (χ3v) is 9.49. The van der Waals surface area contributed by atoms with E-state index in [1.807, 2.05) is 0 Å². The molecule has 0 aromatic rings. The Balaban J connectivity index is 0. The molecule has 3 heteroatoms. The molecule has 0 atom stereocenters. The molecule has 0 aromatic heterocycles. The minimum Gasteiger partial charge on any atom is -1.00 e. The Morgan fingerprint density at radius 3 is 1.70 bits per heavy atom. The Morgan fingerprint density at radius 2 is 1.20 bits per heavy atom. The van der Waals surface area contributed by atoms with E-state index < -0.39 is 7.26 Å². The molecule has 0 spiro atoms. The van der Waals surface area contributed by atoms with Gasteiger partial charge in [-0.15, -0.1) is 0 Å². The molecule has 0 saturated carbocycles. The number of hydrogen-bond donors (Lipinski definition) is 0. The van der Waals surface area contributed by atoms with Crippen molar-refractivity contribution in [3.8, 4) is 0 Å². The van der Waals surface area contributed by atoms with Crippen molar-refractivity contribution in [2.45, 2.75) is 72.1 Å². The quantitative estimate of drug-likeness (QED) is 0.230. The van der Waals surface area contributed by atoms with Crippen molar-refractivity contribution in [2.75, 3.05) is 36.7 Å². The fourth-order valence-electron chi connectivity index (χ4n) is 2.43. The molecule has 0 saturated heterocycles. The monoisotopic (exact) mass is 432 g/mol. The summed E-state index contributed by atoms with van der Waals surface area (Å²) in [6.45, 7) is 9.62. The van der Waals surface area contributed by atoms with Gasteiger partial charge in [-0.2, -0.15) is 11.8 Å². The van der Waals surface area contributed by atoms with Gasteiger partial charge < -0.3 is 24.0 Å². The lowest BCUT2D eigenvalue weighted by Gasteiger charge is -2.23. The highest BCUT2D eigenvalue weighted by molar-refractivity contribution is 7.99. The van der Waals surface area contributed by atoms with E-state index in [0.717, 1.165) is 0 Å². The molecule has 0 amide bonds. The minimum absolute atomic E-state index is 0.